The van der Waals surface area contributed by atoms with Crippen molar-refractivity contribution in [3.63, 3.8) is 0 Å². The van der Waals surface area contributed by atoms with Gasteiger partial charge in [0.2, 0.25) is 0 Å². The summed E-state index contributed by atoms with van der Waals surface area (Å²) in [6.45, 7) is 11.4. The predicted octanol–water partition coefficient (Wildman–Crippen LogP) is -2.58. The SMILES string of the molecule is CCc1cccc(C(C(=O)[O-])C(=O)[O-])c1CC.CCc1cccc(C(C(=O)[O-])C(=O)[O-])c1CC.CCc1cccc(C(C(=O)[O-])C(=O)[O-])c1CC.[Al+3].[Al+3]. The summed E-state index contributed by atoms with van der Waals surface area (Å²) in [4.78, 5) is 65.3. The van der Waals surface area contributed by atoms with E-state index in [9.17, 15) is 59.4 Å². The molecule has 0 saturated heterocycles. The summed E-state index contributed by atoms with van der Waals surface area (Å²) in [6, 6.07) is 15.1. The van der Waals surface area contributed by atoms with Crippen LogP contribution in [0.4, 0.5) is 0 Å². The Hall–Kier alpha value is -4.46. The molecule has 0 aromatic heterocycles. The van der Waals surface area contributed by atoms with Gasteiger partial charge in [0.15, 0.2) is 0 Å². The van der Waals surface area contributed by atoms with Crippen molar-refractivity contribution in [3.8, 4) is 0 Å². The zero-order chi connectivity index (χ0) is 39.0. The summed E-state index contributed by atoms with van der Waals surface area (Å²) in [7, 11) is 0. The largest absolute Gasteiger partial charge is 3.00 e. The van der Waals surface area contributed by atoms with Crippen LogP contribution in [0.3, 0.4) is 0 Å². The molecule has 276 valence electrons. The first-order valence-corrected chi connectivity index (χ1v) is 16.6. The summed E-state index contributed by atoms with van der Waals surface area (Å²) >= 11 is 0. The molecular weight excluding hydrogens is 714 g/mol. The Morgan fingerprint density at radius 3 is 0.698 bits per heavy atom. The normalized spacial score (nSPS) is 10.1. The molecule has 12 nitrogen and oxygen atoms in total. The van der Waals surface area contributed by atoms with Gasteiger partial charge in [0.05, 0.1) is 53.6 Å². The minimum atomic E-state index is -1.70. The van der Waals surface area contributed by atoms with Crippen molar-refractivity contribution in [2.75, 3.05) is 0 Å². The molecule has 0 spiro atoms. The van der Waals surface area contributed by atoms with Gasteiger partial charge in [-0.2, -0.15) is 0 Å². The maximum atomic E-state index is 10.9. The predicted molar refractivity (Wildman–Crippen MR) is 185 cm³/mol. The molecule has 0 atom stereocenters. The van der Waals surface area contributed by atoms with Gasteiger partial charge in [-0.15, -0.1) is 0 Å². The molecule has 0 radical (unpaired) electrons. The van der Waals surface area contributed by atoms with Gasteiger partial charge in [0, 0.05) is 0 Å². The Bertz CT molecular complexity index is 1480. The van der Waals surface area contributed by atoms with Gasteiger partial charge < -0.3 is 59.4 Å². The van der Waals surface area contributed by atoms with Crippen LogP contribution in [-0.2, 0) is 67.3 Å². The van der Waals surface area contributed by atoms with Gasteiger partial charge in [-0.05, 0) is 88.6 Å². The number of rotatable bonds is 15. The molecule has 3 aromatic rings. The molecule has 0 aliphatic carbocycles. The molecule has 0 heterocycles. The van der Waals surface area contributed by atoms with E-state index in [2.05, 4.69) is 0 Å². The van der Waals surface area contributed by atoms with Crippen molar-refractivity contribution < 1.29 is 59.4 Å². The van der Waals surface area contributed by atoms with E-state index >= 15 is 0 Å². The molecule has 53 heavy (non-hydrogen) atoms. The summed E-state index contributed by atoms with van der Waals surface area (Å²) in [6.07, 6.45) is 3.92. The smallest absolute Gasteiger partial charge is 0.549 e. The van der Waals surface area contributed by atoms with Crippen LogP contribution in [-0.4, -0.2) is 70.5 Å². The van der Waals surface area contributed by atoms with Crippen LogP contribution in [0, 0.1) is 0 Å². The van der Waals surface area contributed by atoms with Gasteiger partial charge in [-0.3, -0.25) is 0 Å². The second kappa shape index (κ2) is 24.7. The van der Waals surface area contributed by atoms with Crippen molar-refractivity contribution in [1.29, 1.82) is 0 Å². The number of hydrogen-bond acceptors (Lipinski definition) is 12. The van der Waals surface area contributed by atoms with Crippen LogP contribution in [0.1, 0.15) is 109 Å². The molecule has 3 rings (SSSR count). The molecule has 0 amide bonds. The maximum absolute atomic E-state index is 10.9. The zero-order valence-electron chi connectivity index (χ0n) is 30.7. The fourth-order valence-electron chi connectivity index (χ4n) is 6.11. The Morgan fingerprint density at radius 1 is 0.377 bits per heavy atom. The van der Waals surface area contributed by atoms with Gasteiger partial charge in [0.1, 0.15) is 0 Å². The van der Waals surface area contributed by atoms with Crippen molar-refractivity contribution >= 4 is 70.5 Å². The molecule has 0 fully saturated rings. The fraction of sp³-hybridized carbons (Fsp3) is 0.385. The topological polar surface area (TPSA) is 241 Å². The van der Waals surface area contributed by atoms with E-state index in [1.165, 1.54) is 18.2 Å². The maximum Gasteiger partial charge on any atom is 3.00 e. The minimum Gasteiger partial charge on any atom is -0.549 e. The second-order valence-corrected chi connectivity index (χ2v) is 11.3. The van der Waals surface area contributed by atoms with Crippen LogP contribution in [0.25, 0.3) is 0 Å². The van der Waals surface area contributed by atoms with E-state index in [-0.39, 0.29) is 51.4 Å². The van der Waals surface area contributed by atoms with Crippen LogP contribution >= 0.6 is 0 Å². The molecule has 0 aliphatic rings. The van der Waals surface area contributed by atoms with Crippen LogP contribution in [0.2, 0.25) is 0 Å². The first kappa shape index (κ1) is 50.7. The third-order valence-electron chi connectivity index (χ3n) is 8.48. The fourth-order valence-corrected chi connectivity index (χ4v) is 6.11. The number of carboxylic acid groups (broad SMARTS) is 6. The number of aryl methyl sites for hydroxylation is 3. The minimum absolute atomic E-state index is 0. The Balaban J connectivity index is 0. The third-order valence-corrected chi connectivity index (χ3v) is 8.48. The van der Waals surface area contributed by atoms with Crippen LogP contribution in [0.5, 0.6) is 0 Å². The number of benzene rings is 3. The second-order valence-electron chi connectivity index (χ2n) is 11.3. The van der Waals surface area contributed by atoms with Crippen molar-refractivity contribution in [2.24, 2.45) is 0 Å². The molecule has 0 aliphatic heterocycles. The average molecular weight is 757 g/mol. The first-order chi connectivity index (χ1) is 24.1. The molecule has 0 bridgehead atoms. The number of hydrogen-bond donors (Lipinski definition) is 0. The Labute approximate surface area is 331 Å². The summed E-state index contributed by atoms with van der Waals surface area (Å²) in [5.74, 6) is -14.9. The van der Waals surface area contributed by atoms with E-state index in [1.54, 1.807) is 18.2 Å². The molecule has 14 heteroatoms. The van der Waals surface area contributed by atoms with Gasteiger partial charge in [-0.25, -0.2) is 0 Å². The Morgan fingerprint density at radius 2 is 0.566 bits per heavy atom. The van der Waals surface area contributed by atoms with Gasteiger partial charge >= 0.3 is 34.7 Å². The number of carbonyl (C=O) groups excluding carboxylic acids is 6. The summed E-state index contributed by atoms with van der Waals surface area (Å²) < 4.78 is 0. The standard InChI is InChI=1S/3C13H16O4.2Al/c3*1-3-8-6-5-7-10(9(8)4-2)11(12(14)15)13(16)17;;/h3*5-7,11H,3-4H2,1-2H3,(H,14,15)(H,16,17);;/q;;;2*+3/p-6. The third kappa shape index (κ3) is 13.5. The molecular formula is C39H42Al2O12. The van der Waals surface area contributed by atoms with Crippen LogP contribution < -0.4 is 30.6 Å². The molecule has 0 saturated carbocycles. The van der Waals surface area contributed by atoms with E-state index < -0.39 is 53.6 Å². The summed E-state index contributed by atoms with van der Waals surface area (Å²) in [5.41, 5.74) is 5.95. The van der Waals surface area contributed by atoms with Gasteiger partial charge in [0.25, 0.3) is 0 Å². The number of carbonyl (C=O) groups is 6. The quantitative estimate of drug-likeness (QED) is 0.115. The zero-order valence-corrected chi connectivity index (χ0v) is 33.0. The van der Waals surface area contributed by atoms with Crippen molar-refractivity contribution in [2.45, 2.75) is 97.8 Å². The number of aliphatic carboxylic acids is 6. The molecule has 0 N–H and O–H groups in total. The Kier molecular flexibility index (Phi) is 23.6. The average Bonchev–Trinajstić information content (AvgIpc) is 3.07. The van der Waals surface area contributed by atoms with E-state index in [1.807, 2.05) is 59.7 Å². The van der Waals surface area contributed by atoms with Gasteiger partial charge in [-0.1, -0.05) is 96.1 Å². The monoisotopic (exact) mass is 756 g/mol. The van der Waals surface area contributed by atoms with E-state index in [4.69, 9.17) is 0 Å². The molecule has 0 unspecified atom stereocenters. The number of carboxylic acids is 6. The first-order valence-electron chi connectivity index (χ1n) is 16.6. The summed E-state index contributed by atoms with van der Waals surface area (Å²) in [5, 5.41) is 65.3. The van der Waals surface area contributed by atoms with Crippen LogP contribution in [0.15, 0.2) is 54.6 Å². The van der Waals surface area contributed by atoms with Crippen molar-refractivity contribution in [3.05, 3.63) is 105 Å². The van der Waals surface area contributed by atoms with E-state index in [0.717, 1.165) is 52.6 Å². The van der Waals surface area contributed by atoms with Crippen molar-refractivity contribution in [1.82, 2.24) is 0 Å². The van der Waals surface area contributed by atoms with E-state index in [0.29, 0.717) is 19.3 Å². The molecule has 3 aromatic carbocycles.